The van der Waals surface area contributed by atoms with Gasteiger partial charge in [-0.3, -0.25) is 9.59 Å². The highest BCUT2D eigenvalue weighted by Gasteiger charge is 2.34. The molecule has 184 valence electrons. The van der Waals surface area contributed by atoms with Crippen LogP contribution in [0, 0.1) is 5.82 Å². The summed E-state index contributed by atoms with van der Waals surface area (Å²) in [7, 11) is -1.86. The van der Waals surface area contributed by atoms with E-state index in [4.69, 9.17) is 5.14 Å². The van der Waals surface area contributed by atoms with Crippen molar-refractivity contribution in [2.24, 2.45) is 5.14 Å². The first kappa shape index (κ1) is 24.6. The van der Waals surface area contributed by atoms with Gasteiger partial charge in [0.15, 0.2) is 0 Å². The lowest BCUT2D eigenvalue weighted by Gasteiger charge is -2.22. The van der Waals surface area contributed by atoms with E-state index in [9.17, 15) is 31.4 Å². The van der Waals surface area contributed by atoms with E-state index in [1.165, 1.54) is 41.3 Å². The molecule has 1 unspecified atom stereocenters. The molecule has 0 aromatic heterocycles. The lowest BCUT2D eigenvalue weighted by molar-refractivity contribution is -0.274. The second-order valence-electron chi connectivity index (χ2n) is 7.95. The van der Waals surface area contributed by atoms with Crippen LogP contribution in [-0.4, -0.2) is 58.4 Å². The molecule has 2 N–H and O–H groups in total. The van der Waals surface area contributed by atoms with Crippen molar-refractivity contribution >= 4 is 28.9 Å². The molecule has 12 heteroatoms. The van der Waals surface area contributed by atoms with Crippen molar-refractivity contribution in [2.75, 3.05) is 26.2 Å². The van der Waals surface area contributed by atoms with E-state index in [1.54, 1.807) is 4.90 Å². The number of amides is 2. The Labute approximate surface area is 200 Å². The van der Waals surface area contributed by atoms with Crippen molar-refractivity contribution in [1.29, 1.82) is 0 Å². The van der Waals surface area contributed by atoms with Crippen LogP contribution in [0.3, 0.4) is 0 Å². The van der Waals surface area contributed by atoms with E-state index in [2.05, 4.69) is 4.74 Å². The quantitative estimate of drug-likeness (QED) is 0.381. The Morgan fingerprint density at radius 3 is 2.11 bits per heavy atom. The molecule has 1 atom stereocenters. The van der Waals surface area contributed by atoms with Crippen molar-refractivity contribution in [3.8, 4) is 5.75 Å². The number of halogens is 4. The fourth-order valence-electron chi connectivity index (χ4n) is 3.90. The molecular weight excluding hydrogens is 490 g/mol. The second kappa shape index (κ2) is 9.62. The Hall–Kier alpha value is -3.51. The highest BCUT2D eigenvalue weighted by Crippen LogP contribution is 2.28. The molecule has 0 saturated heterocycles. The van der Waals surface area contributed by atoms with Crippen LogP contribution in [0.2, 0.25) is 0 Å². The minimum absolute atomic E-state index is 0.0777. The molecule has 0 bridgehead atoms. The number of carbonyl (C=O) groups excluding carboxylic acids is 2. The Morgan fingerprint density at radius 2 is 1.57 bits per heavy atom. The molecule has 0 saturated carbocycles. The number of nitrogens with two attached hydrogens (primary N) is 1. The number of rotatable bonds is 5. The van der Waals surface area contributed by atoms with Crippen LogP contribution in [0.5, 0.6) is 5.75 Å². The monoisotopic (exact) mass is 509 g/mol. The van der Waals surface area contributed by atoms with E-state index in [0.717, 1.165) is 29.3 Å². The zero-order chi connectivity index (χ0) is 25.3. The Morgan fingerprint density at radius 1 is 0.971 bits per heavy atom. The van der Waals surface area contributed by atoms with Gasteiger partial charge in [-0.05, 0) is 53.1 Å². The van der Waals surface area contributed by atoms with E-state index in [1.807, 2.05) is 0 Å². The predicted octanol–water partition coefficient (Wildman–Crippen LogP) is 3.01. The maximum Gasteiger partial charge on any atom is 0.573 e. The van der Waals surface area contributed by atoms with E-state index in [-0.39, 0.29) is 35.2 Å². The number of ether oxygens (including phenoxy) is 1. The number of benzene rings is 2. The summed E-state index contributed by atoms with van der Waals surface area (Å²) < 4.78 is 66.1. The zero-order valence-corrected chi connectivity index (χ0v) is 18.9. The molecule has 0 fully saturated rings. The van der Waals surface area contributed by atoms with Gasteiger partial charge in [-0.15, -0.1) is 13.2 Å². The molecule has 0 radical (unpaired) electrons. The summed E-state index contributed by atoms with van der Waals surface area (Å²) in [6.45, 7) is 1.14. The summed E-state index contributed by atoms with van der Waals surface area (Å²) in [5, 5.41) is 5.24. The molecule has 4 rings (SSSR count). The Balaban J connectivity index is 1.32. The fraction of sp³-hybridized carbons (Fsp3) is 0.217. The maximum absolute atomic E-state index is 14.3. The van der Waals surface area contributed by atoms with Gasteiger partial charge in [0.05, 0.1) is 10.5 Å². The van der Waals surface area contributed by atoms with Crippen LogP contribution in [0.4, 0.5) is 17.6 Å². The van der Waals surface area contributed by atoms with Crippen molar-refractivity contribution in [3.05, 3.63) is 76.6 Å². The van der Waals surface area contributed by atoms with Crippen LogP contribution in [0.25, 0.3) is 6.08 Å². The SMILES string of the molecule is NS(=O)c1ccc(C(=O)N2CC3=C(CN(C(=O)/C=C/c4ccc(OC(F)(F)F)cc4)C3)C2)c(F)c1. The van der Waals surface area contributed by atoms with Crippen LogP contribution in [0.15, 0.2) is 64.6 Å². The normalized spacial score (nSPS) is 16.7. The Kier molecular flexibility index (Phi) is 6.77. The predicted molar refractivity (Wildman–Crippen MR) is 119 cm³/mol. The molecule has 2 aliphatic rings. The summed E-state index contributed by atoms with van der Waals surface area (Å²) in [5.74, 6) is -1.96. The number of nitrogens with zero attached hydrogens (tertiary/aromatic N) is 2. The summed E-state index contributed by atoms with van der Waals surface area (Å²) in [6.07, 6.45) is -1.97. The first-order chi connectivity index (χ1) is 16.5. The average molecular weight is 509 g/mol. The van der Waals surface area contributed by atoms with Crippen molar-refractivity contribution < 1.29 is 36.1 Å². The molecule has 7 nitrogen and oxygen atoms in total. The third-order valence-electron chi connectivity index (χ3n) is 5.56. The topological polar surface area (TPSA) is 92.9 Å². The fourth-order valence-corrected chi connectivity index (χ4v) is 4.32. The molecule has 2 aromatic carbocycles. The summed E-state index contributed by atoms with van der Waals surface area (Å²) in [6, 6.07) is 8.67. The Bertz CT molecular complexity index is 1240. The van der Waals surface area contributed by atoms with Crippen molar-refractivity contribution in [1.82, 2.24) is 9.80 Å². The van der Waals surface area contributed by atoms with Crippen LogP contribution >= 0.6 is 0 Å². The van der Waals surface area contributed by atoms with Gasteiger partial charge in [-0.2, -0.15) is 0 Å². The van der Waals surface area contributed by atoms with Crippen LogP contribution in [-0.2, 0) is 15.8 Å². The minimum atomic E-state index is -4.78. The van der Waals surface area contributed by atoms with Gasteiger partial charge < -0.3 is 14.5 Å². The number of alkyl halides is 3. The highest BCUT2D eigenvalue weighted by atomic mass is 32.2. The second-order valence-corrected chi connectivity index (χ2v) is 9.02. The van der Waals surface area contributed by atoms with Gasteiger partial charge in [-0.1, -0.05) is 12.1 Å². The summed E-state index contributed by atoms with van der Waals surface area (Å²) in [4.78, 5) is 28.4. The van der Waals surface area contributed by atoms with Gasteiger partial charge in [0.1, 0.15) is 22.6 Å². The molecule has 0 spiro atoms. The molecule has 0 aliphatic carbocycles. The molecule has 2 amide bonds. The summed E-state index contributed by atoms with van der Waals surface area (Å²) in [5.41, 5.74) is 2.17. The average Bonchev–Trinajstić information content (AvgIpc) is 3.36. The van der Waals surface area contributed by atoms with Crippen LogP contribution in [0.1, 0.15) is 15.9 Å². The molecule has 2 heterocycles. The molecule has 2 aliphatic heterocycles. The summed E-state index contributed by atoms with van der Waals surface area (Å²) >= 11 is 0. The van der Waals surface area contributed by atoms with Gasteiger partial charge in [0.2, 0.25) is 5.91 Å². The molecular formula is C23H19F4N3O4S. The van der Waals surface area contributed by atoms with Gasteiger partial charge >= 0.3 is 6.36 Å². The number of hydrogen-bond acceptors (Lipinski definition) is 4. The number of hydrogen-bond donors (Lipinski definition) is 1. The van der Waals surface area contributed by atoms with Crippen LogP contribution < -0.4 is 9.88 Å². The van der Waals surface area contributed by atoms with E-state index in [0.29, 0.717) is 18.7 Å². The first-order valence-electron chi connectivity index (χ1n) is 10.3. The molecule has 35 heavy (non-hydrogen) atoms. The maximum atomic E-state index is 14.3. The lowest BCUT2D eigenvalue weighted by Crippen LogP contribution is -2.36. The van der Waals surface area contributed by atoms with Crippen molar-refractivity contribution in [3.63, 3.8) is 0 Å². The highest BCUT2D eigenvalue weighted by molar-refractivity contribution is 7.82. The van der Waals surface area contributed by atoms with Gasteiger partial charge in [-0.25, -0.2) is 13.7 Å². The van der Waals surface area contributed by atoms with E-state index >= 15 is 0 Å². The van der Waals surface area contributed by atoms with E-state index < -0.39 is 29.1 Å². The minimum Gasteiger partial charge on any atom is -0.406 e. The largest absolute Gasteiger partial charge is 0.573 e. The third kappa shape index (κ3) is 5.77. The first-order valence-corrected chi connectivity index (χ1v) is 11.5. The third-order valence-corrected chi connectivity index (χ3v) is 6.28. The number of carbonyl (C=O) groups is 2. The zero-order valence-electron chi connectivity index (χ0n) is 18.0. The van der Waals surface area contributed by atoms with Gasteiger partial charge in [0.25, 0.3) is 5.91 Å². The molecule has 2 aromatic rings. The van der Waals surface area contributed by atoms with Crippen molar-refractivity contribution in [2.45, 2.75) is 11.3 Å². The lowest BCUT2D eigenvalue weighted by atomic mass is 10.2. The standard InChI is InChI=1S/C23H19F4N3O4S/c24-20-9-18(35(28)33)6-7-19(20)22(32)30-12-15-10-29(11-16(15)13-30)21(31)8-3-14-1-4-17(5-2-14)34-23(25,26)27/h1-9H,10-13,28H2/b8-3+. The smallest absolute Gasteiger partial charge is 0.406 e. The van der Waals surface area contributed by atoms with Gasteiger partial charge in [0, 0.05) is 32.3 Å².